The van der Waals surface area contributed by atoms with E-state index in [1.54, 1.807) is 6.20 Å². The summed E-state index contributed by atoms with van der Waals surface area (Å²) in [5.74, 6) is 0.0923. The van der Waals surface area contributed by atoms with Crippen LogP contribution < -0.4 is 0 Å². The maximum atomic E-state index is 12.7. The summed E-state index contributed by atoms with van der Waals surface area (Å²) in [6, 6.07) is 3.74. The van der Waals surface area contributed by atoms with Gasteiger partial charge in [0.2, 0.25) is 0 Å². The average molecular weight is 329 g/mol. The van der Waals surface area contributed by atoms with Gasteiger partial charge in [-0.15, -0.1) is 0 Å². The minimum absolute atomic E-state index is 0.0923. The Kier molecular flexibility index (Phi) is 3.72. The number of hydrogen-bond acceptors (Lipinski definition) is 5. The van der Waals surface area contributed by atoms with Crippen molar-refractivity contribution < 1.29 is 4.79 Å². The van der Waals surface area contributed by atoms with Crippen LogP contribution in [0.3, 0.4) is 0 Å². The van der Waals surface area contributed by atoms with Crippen LogP contribution in [0.2, 0.25) is 0 Å². The molecular formula is C16H19N5OS. The quantitative estimate of drug-likeness (QED) is 0.797. The Morgan fingerprint density at radius 3 is 2.83 bits per heavy atom. The summed E-state index contributed by atoms with van der Waals surface area (Å²) in [4.78, 5) is 25.7. The molecule has 7 heteroatoms. The fourth-order valence-electron chi connectivity index (χ4n) is 2.97. The van der Waals surface area contributed by atoms with E-state index >= 15 is 0 Å². The predicted molar refractivity (Wildman–Crippen MR) is 92.0 cm³/mol. The van der Waals surface area contributed by atoms with E-state index in [1.165, 1.54) is 0 Å². The Morgan fingerprint density at radius 2 is 2.09 bits per heavy atom. The molecule has 2 aromatic heterocycles. The summed E-state index contributed by atoms with van der Waals surface area (Å²) in [6.45, 7) is 6.32. The van der Waals surface area contributed by atoms with Gasteiger partial charge in [0.05, 0.1) is 12.1 Å². The van der Waals surface area contributed by atoms with Crippen molar-refractivity contribution in [1.82, 2.24) is 19.2 Å². The third kappa shape index (κ3) is 2.81. The van der Waals surface area contributed by atoms with Crippen LogP contribution >= 0.6 is 11.8 Å². The van der Waals surface area contributed by atoms with Gasteiger partial charge in [-0.3, -0.25) is 9.79 Å². The number of pyridine rings is 1. The van der Waals surface area contributed by atoms with Crippen LogP contribution in [0, 0.1) is 0 Å². The molecule has 4 rings (SSSR count). The Labute approximate surface area is 139 Å². The first-order chi connectivity index (χ1) is 11.2. The number of aromatic nitrogens is 2. The van der Waals surface area contributed by atoms with Crippen molar-refractivity contribution in [3.63, 3.8) is 0 Å². The van der Waals surface area contributed by atoms with E-state index in [4.69, 9.17) is 0 Å². The van der Waals surface area contributed by atoms with E-state index in [2.05, 4.69) is 21.8 Å². The van der Waals surface area contributed by atoms with E-state index in [-0.39, 0.29) is 5.91 Å². The first-order valence-corrected chi connectivity index (χ1v) is 8.77. The number of fused-ring (bicyclic) bond motifs is 1. The Hall–Kier alpha value is -2.02. The zero-order valence-electron chi connectivity index (χ0n) is 13.1. The zero-order valence-corrected chi connectivity index (χ0v) is 13.9. The molecule has 1 amide bonds. The molecular weight excluding hydrogens is 310 g/mol. The molecule has 23 heavy (non-hydrogen) atoms. The number of aliphatic imine (C=N–C) groups is 1. The highest BCUT2D eigenvalue weighted by atomic mass is 32.2. The first-order valence-electron chi connectivity index (χ1n) is 7.89. The molecule has 6 nitrogen and oxygen atoms in total. The third-order valence-corrected chi connectivity index (χ3v) is 5.41. The fraction of sp³-hybridized carbons (Fsp3) is 0.438. The van der Waals surface area contributed by atoms with E-state index in [1.807, 2.05) is 45.6 Å². The molecule has 2 aromatic rings. The summed E-state index contributed by atoms with van der Waals surface area (Å²) in [6.07, 6.45) is 5.46. The zero-order chi connectivity index (χ0) is 15.8. The number of thioether (sulfide) groups is 1. The molecule has 2 aliphatic rings. The Morgan fingerprint density at radius 1 is 1.26 bits per heavy atom. The van der Waals surface area contributed by atoms with Gasteiger partial charge in [0, 0.05) is 50.0 Å². The second-order valence-corrected chi connectivity index (χ2v) is 7.35. The van der Waals surface area contributed by atoms with Gasteiger partial charge < -0.3 is 14.2 Å². The highest BCUT2D eigenvalue weighted by Crippen LogP contribution is 2.23. The van der Waals surface area contributed by atoms with E-state index in [0.717, 1.165) is 43.5 Å². The lowest BCUT2D eigenvalue weighted by atomic mass is 10.2. The summed E-state index contributed by atoms with van der Waals surface area (Å²) < 4.78 is 1.88. The lowest BCUT2D eigenvalue weighted by Crippen LogP contribution is -2.49. The van der Waals surface area contributed by atoms with Crippen LogP contribution in [0.4, 0.5) is 0 Å². The summed E-state index contributed by atoms with van der Waals surface area (Å²) in [5.41, 5.74) is 1.57. The number of carbonyl (C=O) groups is 1. The predicted octanol–water partition coefficient (Wildman–Crippen LogP) is 1.58. The molecule has 0 aliphatic carbocycles. The van der Waals surface area contributed by atoms with E-state index in [9.17, 15) is 4.79 Å². The average Bonchev–Trinajstić information content (AvgIpc) is 3.22. The van der Waals surface area contributed by atoms with Crippen molar-refractivity contribution in [3.8, 4) is 0 Å². The molecule has 0 saturated carbocycles. The van der Waals surface area contributed by atoms with Crippen molar-refractivity contribution >= 4 is 28.5 Å². The lowest BCUT2D eigenvalue weighted by molar-refractivity contribution is 0.0693. The van der Waals surface area contributed by atoms with Crippen molar-refractivity contribution in [1.29, 1.82) is 0 Å². The van der Waals surface area contributed by atoms with Crippen molar-refractivity contribution in [2.45, 2.75) is 12.2 Å². The maximum absolute atomic E-state index is 12.7. The largest absolute Gasteiger partial charge is 0.348 e. The van der Waals surface area contributed by atoms with Gasteiger partial charge in [0.1, 0.15) is 5.65 Å². The van der Waals surface area contributed by atoms with Gasteiger partial charge in [0.25, 0.3) is 5.91 Å². The molecule has 120 valence electrons. The minimum Gasteiger partial charge on any atom is -0.348 e. The van der Waals surface area contributed by atoms with Crippen molar-refractivity contribution in [2.24, 2.45) is 4.99 Å². The number of piperazine rings is 1. The Balaban J connectivity index is 1.42. The molecule has 0 radical (unpaired) electrons. The number of nitrogens with zero attached hydrogens (tertiary/aromatic N) is 5. The van der Waals surface area contributed by atoms with Crippen LogP contribution in [-0.4, -0.2) is 68.2 Å². The molecule has 1 fully saturated rings. The smallest absolute Gasteiger partial charge is 0.255 e. The molecule has 4 heterocycles. The van der Waals surface area contributed by atoms with Gasteiger partial charge in [-0.25, -0.2) is 4.98 Å². The molecule has 1 atom stereocenters. The van der Waals surface area contributed by atoms with Crippen LogP contribution in [0.1, 0.15) is 17.3 Å². The van der Waals surface area contributed by atoms with E-state index in [0.29, 0.717) is 10.8 Å². The molecule has 0 spiro atoms. The first kappa shape index (κ1) is 14.6. The standard InChI is InChI=1S/C16H19N5OS/c1-12-10-18-16(23-12)20-8-6-19(7-9-20)15(22)13-2-3-14-17-4-5-21(14)11-13/h2-5,11-12H,6-10H2,1H3/t12-/m0/s1. The van der Waals surface area contributed by atoms with Crippen LogP contribution in [0.15, 0.2) is 35.7 Å². The minimum atomic E-state index is 0.0923. The summed E-state index contributed by atoms with van der Waals surface area (Å²) in [5, 5.41) is 1.72. The Bertz CT molecular complexity index is 763. The van der Waals surface area contributed by atoms with Crippen LogP contribution in [-0.2, 0) is 0 Å². The second-order valence-electron chi connectivity index (χ2n) is 5.94. The molecule has 0 unspecified atom stereocenters. The molecule has 0 aromatic carbocycles. The molecule has 0 N–H and O–H groups in total. The van der Waals surface area contributed by atoms with Crippen molar-refractivity contribution in [2.75, 3.05) is 32.7 Å². The van der Waals surface area contributed by atoms with Gasteiger partial charge in [-0.05, 0) is 12.1 Å². The number of carbonyl (C=O) groups excluding carboxylic acids is 1. The summed E-state index contributed by atoms with van der Waals surface area (Å²) in [7, 11) is 0. The monoisotopic (exact) mass is 329 g/mol. The summed E-state index contributed by atoms with van der Waals surface area (Å²) >= 11 is 1.84. The van der Waals surface area contributed by atoms with Crippen LogP contribution in [0.25, 0.3) is 5.65 Å². The number of imidazole rings is 1. The highest BCUT2D eigenvalue weighted by molar-refractivity contribution is 8.14. The SMILES string of the molecule is C[C@H]1CN=C(N2CCN(C(=O)c3ccc4nccn4c3)CC2)S1. The highest BCUT2D eigenvalue weighted by Gasteiger charge is 2.27. The lowest BCUT2D eigenvalue weighted by Gasteiger charge is -2.35. The third-order valence-electron chi connectivity index (χ3n) is 4.26. The number of amides is 1. The number of rotatable bonds is 1. The molecule has 0 bridgehead atoms. The van der Waals surface area contributed by atoms with Gasteiger partial charge >= 0.3 is 0 Å². The van der Waals surface area contributed by atoms with Gasteiger partial charge in [0.15, 0.2) is 5.17 Å². The number of amidine groups is 1. The van der Waals surface area contributed by atoms with Crippen molar-refractivity contribution in [3.05, 3.63) is 36.3 Å². The maximum Gasteiger partial charge on any atom is 0.255 e. The molecule has 1 saturated heterocycles. The van der Waals surface area contributed by atoms with Gasteiger partial charge in [-0.2, -0.15) is 0 Å². The number of hydrogen-bond donors (Lipinski definition) is 0. The van der Waals surface area contributed by atoms with E-state index < -0.39 is 0 Å². The fourth-order valence-corrected chi connectivity index (χ4v) is 3.96. The second kappa shape index (κ2) is 5.88. The molecule has 2 aliphatic heterocycles. The van der Waals surface area contributed by atoms with Gasteiger partial charge in [-0.1, -0.05) is 18.7 Å². The topological polar surface area (TPSA) is 53.2 Å². The normalized spacial score (nSPS) is 21.8. The van der Waals surface area contributed by atoms with Crippen LogP contribution in [0.5, 0.6) is 0 Å².